The molecule has 2 aromatic heterocycles. The van der Waals surface area contributed by atoms with Crippen LogP contribution in [0.4, 0.5) is 0 Å². The van der Waals surface area contributed by atoms with Crippen LogP contribution in [0.2, 0.25) is 0 Å². The van der Waals surface area contributed by atoms with Crippen LogP contribution < -0.4 is 0 Å². The second-order valence-corrected chi connectivity index (χ2v) is 3.90. The second-order valence-electron chi connectivity index (χ2n) is 2.99. The van der Waals surface area contributed by atoms with Gasteiger partial charge in [-0.1, -0.05) is 0 Å². The summed E-state index contributed by atoms with van der Waals surface area (Å²) in [4.78, 5) is 24.0. The number of rotatable bonds is 0. The summed E-state index contributed by atoms with van der Waals surface area (Å²) in [7, 11) is 0. The molecule has 3 rings (SSSR count). The summed E-state index contributed by atoms with van der Waals surface area (Å²) in [6.45, 7) is 0. The van der Waals surface area contributed by atoms with Gasteiger partial charge in [-0.25, -0.2) is 0 Å². The Morgan fingerprint density at radius 2 is 1.93 bits per heavy atom. The minimum atomic E-state index is -0.194. The maximum absolute atomic E-state index is 11.8. The maximum atomic E-state index is 11.8. The topological polar surface area (TPSA) is 47.3 Å². The van der Waals surface area contributed by atoms with Crippen LogP contribution in [0.15, 0.2) is 28.2 Å². The predicted octanol–water partition coefficient (Wildman–Crippen LogP) is 2.12. The molecular formula is C10H4O3S. The highest BCUT2D eigenvalue weighted by Gasteiger charge is 2.33. The SMILES string of the molecule is O=C1c2ccsc2C(=O)c2ccoc21. The van der Waals surface area contributed by atoms with Crippen molar-refractivity contribution < 1.29 is 14.0 Å². The Labute approximate surface area is 83.0 Å². The van der Waals surface area contributed by atoms with E-state index in [9.17, 15) is 9.59 Å². The zero-order valence-electron chi connectivity index (χ0n) is 6.94. The molecule has 14 heavy (non-hydrogen) atoms. The Morgan fingerprint density at radius 3 is 2.79 bits per heavy atom. The third kappa shape index (κ3) is 0.761. The molecule has 3 nitrogen and oxygen atoms in total. The second kappa shape index (κ2) is 2.42. The van der Waals surface area contributed by atoms with Gasteiger partial charge in [0.2, 0.25) is 11.6 Å². The zero-order valence-corrected chi connectivity index (χ0v) is 7.76. The molecule has 0 N–H and O–H groups in total. The number of carbonyl (C=O) groups is 2. The van der Waals surface area contributed by atoms with E-state index in [2.05, 4.69) is 0 Å². The van der Waals surface area contributed by atoms with Gasteiger partial charge >= 0.3 is 0 Å². The average molecular weight is 204 g/mol. The zero-order chi connectivity index (χ0) is 9.71. The lowest BCUT2D eigenvalue weighted by molar-refractivity contribution is 0.0963. The smallest absolute Gasteiger partial charge is 0.230 e. The largest absolute Gasteiger partial charge is 0.460 e. The predicted molar refractivity (Wildman–Crippen MR) is 49.9 cm³/mol. The fourth-order valence-electron chi connectivity index (χ4n) is 1.57. The molecule has 0 unspecified atom stereocenters. The van der Waals surface area contributed by atoms with Crippen LogP contribution in [0.1, 0.15) is 31.4 Å². The summed E-state index contributed by atoms with van der Waals surface area (Å²) in [5.41, 5.74) is 0.840. The number of carbonyl (C=O) groups excluding carboxylic acids is 2. The van der Waals surface area contributed by atoms with E-state index in [1.54, 1.807) is 11.4 Å². The highest BCUT2D eigenvalue weighted by atomic mass is 32.1. The lowest BCUT2D eigenvalue weighted by Gasteiger charge is -2.07. The fourth-order valence-corrected chi connectivity index (χ4v) is 2.42. The normalized spacial score (nSPS) is 14.0. The summed E-state index contributed by atoms with van der Waals surface area (Å²) in [6, 6.07) is 3.20. The summed E-state index contributed by atoms with van der Waals surface area (Å²) >= 11 is 1.29. The molecule has 0 atom stereocenters. The average Bonchev–Trinajstić information content (AvgIpc) is 2.82. The first-order chi connectivity index (χ1) is 6.79. The number of hydrogen-bond acceptors (Lipinski definition) is 4. The van der Waals surface area contributed by atoms with Crippen LogP contribution in [-0.4, -0.2) is 11.6 Å². The van der Waals surface area contributed by atoms with Crippen molar-refractivity contribution in [3.8, 4) is 0 Å². The monoisotopic (exact) mass is 204 g/mol. The third-order valence-electron chi connectivity index (χ3n) is 2.23. The number of furan rings is 1. The Morgan fingerprint density at radius 1 is 1.07 bits per heavy atom. The van der Waals surface area contributed by atoms with Gasteiger partial charge in [0.05, 0.1) is 16.7 Å². The molecule has 0 aromatic carbocycles. The van der Waals surface area contributed by atoms with E-state index in [0.29, 0.717) is 16.0 Å². The van der Waals surface area contributed by atoms with Gasteiger partial charge in [-0.2, -0.15) is 0 Å². The summed E-state index contributed by atoms with van der Waals surface area (Å²) in [5.74, 6) is -0.139. The standard InChI is InChI=1S/C10H4O3S/c11-7-6-2-4-14-10(6)8(12)5-1-3-13-9(5)7/h1-4H. The number of hydrogen-bond donors (Lipinski definition) is 0. The van der Waals surface area contributed by atoms with Crippen LogP contribution in [0.25, 0.3) is 0 Å². The Balaban J connectivity index is 2.37. The van der Waals surface area contributed by atoms with Gasteiger partial charge in [0.1, 0.15) is 0 Å². The van der Waals surface area contributed by atoms with Gasteiger partial charge < -0.3 is 4.42 Å². The van der Waals surface area contributed by atoms with Gasteiger partial charge in [-0.3, -0.25) is 9.59 Å². The van der Waals surface area contributed by atoms with Gasteiger partial charge in [-0.05, 0) is 17.5 Å². The van der Waals surface area contributed by atoms with Crippen molar-refractivity contribution in [2.75, 3.05) is 0 Å². The number of ketones is 2. The lowest BCUT2D eigenvalue weighted by atomic mass is 9.96. The van der Waals surface area contributed by atoms with Gasteiger partial charge in [0, 0.05) is 5.56 Å². The van der Waals surface area contributed by atoms with Gasteiger partial charge in [-0.15, -0.1) is 11.3 Å². The molecule has 1 aliphatic carbocycles. The molecule has 2 aromatic rings. The van der Waals surface area contributed by atoms with E-state index in [1.807, 2.05) is 0 Å². The summed E-state index contributed by atoms with van der Waals surface area (Å²) < 4.78 is 5.00. The van der Waals surface area contributed by atoms with Crippen molar-refractivity contribution in [2.24, 2.45) is 0 Å². The van der Waals surface area contributed by atoms with Crippen LogP contribution in [0.5, 0.6) is 0 Å². The van der Waals surface area contributed by atoms with E-state index in [4.69, 9.17) is 4.42 Å². The van der Waals surface area contributed by atoms with E-state index in [1.165, 1.54) is 23.7 Å². The van der Waals surface area contributed by atoms with Crippen LogP contribution >= 0.6 is 11.3 Å². The third-order valence-corrected chi connectivity index (χ3v) is 3.15. The molecule has 0 aliphatic heterocycles. The lowest BCUT2D eigenvalue weighted by Crippen LogP contribution is -2.16. The molecule has 1 aliphatic rings. The van der Waals surface area contributed by atoms with Crippen LogP contribution in [0.3, 0.4) is 0 Å². The molecule has 68 valence electrons. The molecule has 2 heterocycles. The van der Waals surface area contributed by atoms with Crippen molar-refractivity contribution >= 4 is 22.9 Å². The summed E-state index contributed by atoms with van der Waals surface area (Å²) in [6.07, 6.45) is 1.37. The first-order valence-electron chi connectivity index (χ1n) is 4.03. The van der Waals surface area contributed by atoms with E-state index >= 15 is 0 Å². The highest BCUT2D eigenvalue weighted by Crippen LogP contribution is 2.30. The number of thiophene rings is 1. The maximum Gasteiger partial charge on any atom is 0.230 e. The highest BCUT2D eigenvalue weighted by molar-refractivity contribution is 7.12. The molecule has 0 radical (unpaired) electrons. The summed E-state index contributed by atoms with van der Waals surface area (Å²) in [5, 5.41) is 1.74. The van der Waals surface area contributed by atoms with E-state index < -0.39 is 0 Å². The van der Waals surface area contributed by atoms with Crippen molar-refractivity contribution in [1.82, 2.24) is 0 Å². The van der Waals surface area contributed by atoms with Crippen LogP contribution in [-0.2, 0) is 0 Å². The van der Waals surface area contributed by atoms with Gasteiger partial charge in [0.15, 0.2) is 5.76 Å². The molecule has 0 amide bonds. The number of fused-ring (bicyclic) bond motifs is 2. The quantitative estimate of drug-likeness (QED) is 0.563. The first kappa shape index (κ1) is 7.70. The molecule has 0 spiro atoms. The Bertz CT molecular complexity index is 456. The molecular weight excluding hydrogens is 200 g/mol. The van der Waals surface area contributed by atoms with E-state index in [-0.39, 0.29) is 17.3 Å². The van der Waals surface area contributed by atoms with Gasteiger partial charge in [0.25, 0.3) is 0 Å². The Hall–Kier alpha value is -1.68. The first-order valence-corrected chi connectivity index (χ1v) is 4.91. The minimum absolute atomic E-state index is 0.113. The minimum Gasteiger partial charge on any atom is -0.460 e. The fraction of sp³-hybridized carbons (Fsp3) is 0. The molecule has 0 bridgehead atoms. The van der Waals surface area contributed by atoms with Crippen LogP contribution in [0, 0.1) is 0 Å². The molecule has 4 heteroatoms. The van der Waals surface area contributed by atoms with Crippen molar-refractivity contribution in [1.29, 1.82) is 0 Å². The Kier molecular flexibility index (Phi) is 1.33. The molecule has 0 saturated carbocycles. The molecule has 0 saturated heterocycles. The van der Waals surface area contributed by atoms with E-state index in [0.717, 1.165) is 0 Å². The van der Waals surface area contributed by atoms with Crippen molar-refractivity contribution in [2.45, 2.75) is 0 Å². The molecule has 0 fully saturated rings. The van der Waals surface area contributed by atoms with Crippen molar-refractivity contribution in [3.05, 3.63) is 45.5 Å². The van der Waals surface area contributed by atoms with Crippen molar-refractivity contribution in [3.63, 3.8) is 0 Å².